The third kappa shape index (κ3) is 2.46. The van der Waals surface area contributed by atoms with Crippen LogP contribution >= 0.6 is 0 Å². The standard InChI is InChI=1S/C9H19NO3S/c1-8(2)9(4-6-11)10-5-3-7-14(10,12)13/h8-9,11H,3-7H2,1-2H3. The maximum Gasteiger partial charge on any atom is 0.214 e. The van der Waals surface area contributed by atoms with Crippen molar-refractivity contribution in [2.75, 3.05) is 18.9 Å². The number of hydrogen-bond donors (Lipinski definition) is 1. The lowest BCUT2D eigenvalue weighted by atomic mass is 10.0. The second-order valence-electron chi connectivity index (χ2n) is 4.10. The quantitative estimate of drug-likeness (QED) is 0.749. The van der Waals surface area contributed by atoms with Crippen LogP contribution in [0.3, 0.4) is 0 Å². The van der Waals surface area contributed by atoms with Crippen LogP contribution in [0.2, 0.25) is 0 Å². The summed E-state index contributed by atoms with van der Waals surface area (Å²) in [5, 5.41) is 8.89. The Morgan fingerprint density at radius 2 is 2.07 bits per heavy atom. The van der Waals surface area contributed by atoms with Crippen LogP contribution in [0.15, 0.2) is 0 Å². The summed E-state index contributed by atoms with van der Waals surface area (Å²) in [6.45, 7) is 4.66. The van der Waals surface area contributed by atoms with Gasteiger partial charge in [0, 0.05) is 19.2 Å². The normalized spacial score (nSPS) is 24.3. The molecule has 1 rings (SSSR count). The summed E-state index contributed by atoms with van der Waals surface area (Å²) in [4.78, 5) is 0. The summed E-state index contributed by atoms with van der Waals surface area (Å²) in [5.74, 6) is 0.525. The fraction of sp³-hybridized carbons (Fsp3) is 1.00. The summed E-state index contributed by atoms with van der Waals surface area (Å²) in [6, 6.07) is -0.0347. The molecule has 1 saturated heterocycles. The molecule has 0 aromatic carbocycles. The van der Waals surface area contributed by atoms with Crippen molar-refractivity contribution in [3.63, 3.8) is 0 Å². The molecule has 4 nitrogen and oxygen atoms in total. The van der Waals surface area contributed by atoms with Crippen molar-refractivity contribution in [2.45, 2.75) is 32.7 Å². The Bertz CT molecular complexity index is 274. The van der Waals surface area contributed by atoms with E-state index in [1.807, 2.05) is 13.8 Å². The van der Waals surface area contributed by atoms with Crippen LogP contribution < -0.4 is 0 Å². The zero-order chi connectivity index (χ0) is 10.8. The van der Waals surface area contributed by atoms with Gasteiger partial charge in [-0.25, -0.2) is 8.42 Å². The van der Waals surface area contributed by atoms with E-state index in [9.17, 15) is 8.42 Å². The Kier molecular flexibility index (Phi) is 3.92. The minimum atomic E-state index is -3.03. The molecule has 5 heteroatoms. The Morgan fingerprint density at radius 3 is 2.43 bits per heavy atom. The Morgan fingerprint density at radius 1 is 1.43 bits per heavy atom. The molecule has 0 spiro atoms. The molecule has 84 valence electrons. The fourth-order valence-corrected chi connectivity index (χ4v) is 3.87. The van der Waals surface area contributed by atoms with Crippen LogP contribution in [0.4, 0.5) is 0 Å². The highest BCUT2D eigenvalue weighted by Crippen LogP contribution is 2.23. The van der Waals surface area contributed by atoms with Crippen LogP contribution in [0.1, 0.15) is 26.7 Å². The van der Waals surface area contributed by atoms with E-state index in [-0.39, 0.29) is 24.3 Å². The molecule has 0 saturated carbocycles. The lowest BCUT2D eigenvalue weighted by molar-refractivity contribution is 0.198. The minimum absolute atomic E-state index is 0.0347. The van der Waals surface area contributed by atoms with Gasteiger partial charge in [-0.1, -0.05) is 13.8 Å². The third-order valence-corrected chi connectivity index (χ3v) is 4.67. The SMILES string of the molecule is CC(C)C(CCO)N1CCCS1(=O)=O. The van der Waals surface area contributed by atoms with E-state index in [0.29, 0.717) is 13.0 Å². The van der Waals surface area contributed by atoms with Crippen molar-refractivity contribution < 1.29 is 13.5 Å². The van der Waals surface area contributed by atoms with E-state index in [1.54, 1.807) is 4.31 Å². The smallest absolute Gasteiger partial charge is 0.214 e. The van der Waals surface area contributed by atoms with Gasteiger partial charge in [-0.2, -0.15) is 4.31 Å². The summed E-state index contributed by atoms with van der Waals surface area (Å²) >= 11 is 0. The predicted octanol–water partition coefficient (Wildman–Crippen LogP) is 0.429. The van der Waals surface area contributed by atoms with Crippen molar-refractivity contribution in [2.24, 2.45) is 5.92 Å². The number of sulfonamides is 1. The molecule has 0 aliphatic carbocycles. The van der Waals surface area contributed by atoms with Gasteiger partial charge in [-0.3, -0.25) is 0 Å². The molecule has 0 bridgehead atoms. The monoisotopic (exact) mass is 221 g/mol. The zero-order valence-corrected chi connectivity index (χ0v) is 9.63. The van der Waals surface area contributed by atoms with Crippen LogP contribution in [0, 0.1) is 5.92 Å². The first-order chi connectivity index (χ1) is 6.49. The molecule has 0 aromatic rings. The lowest BCUT2D eigenvalue weighted by Gasteiger charge is -2.28. The highest BCUT2D eigenvalue weighted by molar-refractivity contribution is 7.89. The molecular formula is C9H19NO3S. The molecule has 1 atom stereocenters. The maximum absolute atomic E-state index is 11.6. The highest BCUT2D eigenvalue weighted by atomic mass is 32.2. The molecule has 1 fully saturated rings. The molecule has 1 heterocycles. The Balaban J connectivity index is 2.78. The van der Waals surface area contributed by atoms with E-state index < -0.39 is 10.0 Å². The molecule has 1 N–H and O–H groups in total. The first-order valence-corrected chi connectivity index (χ1v) is 6.70. The van der Waals surface area contributed by atoms with Crippen molar-refractivity contribution in [3.05, 3.63) is 0 Å². The lowest BCUT2D eigenvalue weighted by Crippen LogP contribution is -2.40. The molecule has 1 aliphatic rings. The number of nitrogens with zero attached hydrogens (tertiary/aromatic N) is 1. The average Bonchev–Trinajstić information content (AvgIpc) is 2.40. The van der Waals surface area contributed by atoms with E-state index in [1.165, 1.54) is 0 Å². The van der Waals surface area contributed by atoms with Gasteiger partial charge >= 0.3 is 0 Å². The van der Waals surface area contributed by atoms with E-state index >= 15 is 0 Å². The summed E-state index contributed by atoms with van der Waals surface area (Å²) in [5.41, 5.74) is 0. The summed E-state index contributed by atoms with van der Waals surface area (Å²) < 4.78 is 24.8. The van der Waals surface area contributed by atoms with Crippen LogP contribution in [-0.2, 0) is 10.0 Å². The molecule has 1 unspecified atom stereocenters. The fourth-order valence-electron chi connectivity index (χ4n) is 1.97. The molecule has 0 radical (unpaired) electrons. The second-order valence-corrected chi connectivity index (χ2v) is 6.15. The van der Waals surface area contributed by atoms with Crippen molar-refractivity contribution in [1.29, 1.82) is 0 Å². The first-order valence-electron chi connectivity index (χ1n) is 5.09. The summed E-state index contributed by atoms with van der Waals surface area (Å²) in [6.07, 6.45) is 1.26. The number of rotatable bonds is 4. The van der Waals surface area contributed by atoms with Gasteiger partial charge in [0.2, 0.25) is 10.0 Å². The largest absolute Gasteiger partial charge is 0.396 e. The Hall–Kier alpha value is -0.130. The van der Waals surface area contributed by atoms with Crippen molar-refractivity contribution in [3.8, 4) is 0 Å². The first kappa shape index (κ1) is 11.9. The average molecular weight is 221 g/mol. The molecule has 14 heavy (non-hydrogen) atoms. The number of aliphatic hydroxyl groups is 1. The van der Waals surface area contributed by atoms with Gasteiger partial charge in [-0.15, -0.1) is 0 Å². The number of hydrogen-bond acceptors (Lipinski definition) is 3. The minimum Gasteiger partial charge on any atom is -0.396 e. The van der Waals surface area contributed by atoms with Gasteiger partial charge in [0.1, 0.15) is 0 Å². The second kappa shape index (κ2) is 4.59. The molecule has 0 aromatic heterocycles. The van der Waals surface area contributed by atoms with E-state index in [0.717, 1.165) is 6.42 Å². The Labute approximate surface area is 86.0 Å². The molecular weight excluding hydrogens is 202 g/mol. The molecule has 1 aliphatic heterocycles. The van der Waals surface area contributed by atoms with Crippen LogP contribution in [0.5, 0.6) is 0 Å². The van der Waals surface area contributed by atoms with Crippen LogP contribution in [-0.4, -0.2) is 42.8 Å². The van der Waals surface area contributed by atoms with Crippen molar-refractivity contribution >= 4 is 10.0 Å². The van der Waals surface area contributed by atoms with Gasteiger partial charge in [0.25, 0.3) is 0 Å². The van der Waals surface area contributed by atoms with Gasteiger partial charge in [-0.05, 0) is 18.8 Å². The third-order valence-electron chi connectivity index (χ3n) is 2.70. The predicted molar refractivity (Wildman–Crippen MR) is 55.4 cm³/mol. The summed E-state index contributed by atoms with van der Waals surface area (Å²) in [7, 11) is -3.03. The van der Waals surface area contributed by atoms with Gasteiger partial charge in [0.15, 0.2) is 0 Å². The maximum atomic E-state index is 11.6. The van der Waals surface area contributed by atoms with E-state index in [4.69, 9.17) is 5.11 Å². The zero-order valence-electron chi connectivity index (χ0n) is 8.81. The number of aliphatic hydroxyl groups excluding tert-OH is 1. The van der Waals surface area contributed by atoms with Crippen LogP contribution in [0.25, 0.3) is 0 Å². The highest BCUT2D eigenvalue weighted by Gasteiger charge is 2.35. The van der Waals surface area contributed by atoms with Gasteiger partial charge < -0.3 is 5.11 Å². The van der Waals surface area contributed by atoms with E-state index in [2.05, 4.69) is 0 Å². The topological polar surface area (TPSA) is 57.6 Å². The van der Waals surface area contributed by atoms with Gasteiger partial charge in [0.05, 0.1) is 5.75 Å². The molecule has 0 amide bonds. The van der Waals surface area contributed by atoms with Crippen molar-refractivity contribution in [1.82, 2.24) is 4.31 Å².